The zero-order valence-electron chi connectivity index (χ0n) is 14.6. The second kappa shape index (κ2) is 9.25. The topological polar surface area (TPSA) is 169 Å². The Labute approximate surface area is 161 Å². The molecule has 3 N–H and O–H groups in total. The fraction of sp³-hybridized carbons (Fsp3) is 0.333. The average Bonchev–Trinajstić information content (AvgIpc) is 3.09. The highest BCUT2D eigenvalue weighted by Gasteiger charge is 2.22. The summed E-state index contributed by atoms with van der Waals surface area (Å²) in [7, 11) is 1.34. The molecule has 0 fully saturated rings. The Balaban J connectivity index is 2.19. The third kappa shape index (κ3) is 5.48. The molecule has 2 amide bonds. The first kappa shape index (κ1) is 21.3. The molecule has 0 bridgehead atoms. The first-order valence-corrected chi connectivity index (χ1v) is 8.79. The number of hydrogen-bond acceptors (Lipinski definition) is 9. The van der Waals surface area contributed by atoms with Crippen molar-refractivity contribution in [2.45, 2.75) is 6.10 Å². The van der Waals surface area contributed by atoms with Crippen LogP contribution < -0.4 is 5.32 Å². The van der Waals surface area contributed by atoms with Crippen LogP contribution in [-0.2, 0) is 19.7 Å². The van der Waals surface area contributed by atoms with E-state index in [1.54, 1.807) is 0 Å². The number of carbonyl (C=O) groups excluding carboxylic acids is 2. The lowest BCUT2D eigenvalue weighted by Crippen LogP contribution is -2.36. The van der Waals surface area contributed by atoms with Gasteiger partial charge in [0.2, 0.25) is 0 Å². The van der Waals surface area contributed by atoms with Gasteiger partial charge in [0.1, 0.15) is 6.26 Å². The first-order chi connectivity index (χ1) is 13.2. The van der Waals surface area contributed by atoms with Crippen molar-refractivity contribution < 1.29 is 37.3 Å². The maximum Gasteiger partial charge on any atom is 0.417 e. The Morgan fingerprint density at radius 1 is 1.36 bits per heavy atom. The predicted octanol–water partition coefficient (Wildman–Crippen LogP) is -0.783. The number of carbonyl (C=O) groups is 2. The van der Waals surface area contributed by atoms with Crippen LogP contribution in [0.25, 0.3) is 0 Å². The van der Waals surface area contributed by atoms with Crippen LogP contribution in [-0.4, -0.2) is 68.9 Å². The number of aliphatic hydroxyl groups is 2. The Hall–Kier alpha value is -3.03. The molecule has 12 nitrogen and oxygen atoms in total. The van der Waals surface area contributed by atoms with Gasteiger partial charge in [-0.1, -0.05) is 0 Å². The molecule has 13 heteroatoms. The van der Waals surface area contributed by atoms with Crippen molar-refractivity contribution in [3.63, 3.8) is 0 Å². The van der Waals surface area contributed by atoms with Crippen molar-refractivity contribution in [1.82, 2.24) is 10.2 Å². The molecule has 152 valence electrons. The maximum absolute atomic E-state index is 12.4. The van der Waals surface area contributed by atoms with Gasteiger partial charge in [-0.15, -0.1) is 0 Å². The van der Waals surface area contributed by atoms with Gasteiger partial charge in [0.25, 0.3) is 17.5 Å². The standard InChI is InChI=1S/C15H17N3O9S/c1-17(6-12(20)7-19)15(22)10-2-9(3-11(4-10)18(23)24)14(21)16-5-13-8-26-28(25)27-13/h2-4,8,12,19-20H,5-7H2,1H3,(H,16,21). The van der Waals surface area contributed by atoms with Crippen LogP contribution in [0.3, 0.4) is 0 Å². The molecular weight excluding hydrogens is 398 g/mol. The van der Waals surface area contributed by atoms with E-state index in [4.69, 9.17) is 9.29 Å². The molecule has 1 heterocycles. The van der Waals surface area contributed by atoms with Crippen molar-refractivity contribution in [1.29, 1.82) is 0 Å². The van der Waals surface area contributed by atoms with Crippen LogP contribution in [0.5, 0.6) is 0 Å². The monoisotopic (exact) mass is 415 g/mol. The van der Waals surface area contributed by atoms with E-state index in [-0.39, 0.29) is 30.0 Å². The number of non-ortho nitro benzene ring substituents is 1. The molecule has 2 atom stereocenters. The fourth-order valence-corrected chi connectivity index (χ4v) is 2.71. The van der Waals surface area contributed by atoms with Crippen molar-refractivity contribution >= 4 is 28.9 Å². The van der Waals surface area contributed by atoms with Crippen molar-refractivity contribution in [2.24, 2.45) is 0 Å². The zero-order chi connectivity index (χ0) is 20.8. The molecule has 2 unspecified atom stereocenters. The molecule has 0 aliphatic carbocycles. The summed E-state index contributed by atoms with van der Waals surface area (Å²) in [5.74, 6) is -1.33. The van der Waals surface area contributed by atoms with E-state index in [0.717, 1.165) is 29.4 Å². The first-order valence-electron chi connectivity index (χ1n) is 7.79. The third-order valence-corrected chi connectivity index (χ3v) is 4.14. The Morgan fingerprint density at radius 2 is 2.04 bits per heavy atom. The second-order valence-electron chi connectivity index (χ2n) is 5.70. The normalized spacial score (nSPS) is 16.4. The highest BCUT2D eigenvalue weighted by atomic mass is 32.2. The van der Waals surface area contributed by atoms with Crippen LogP contribution in [0, 0.1) is 10.1 Å². The molecule has 28 heavy (non-hydrogen) atoms. The molecule has 2 rings (SSSR count). The number of nitrogens with zero attached hydrogens (tertiary/aromatic N) is 2. The average molecular weight is 415 g/mol. The molecule has 0 radical (unpaired) electrons. The molecule has 0 saturated heterocycles. The van der Waals surface area contributed by atoms with Crippen molar-refractivity contribution in [3.8, 4) is 0 Å². The molecule has 0 saturated carbocycles. The lowest BCUT2D eigenvalue weighted by atomic mass is 10.1. The Bertz CT molecular complexity index is 842. The van der Waals surface area contributed by atoms with Crippen molar-refractivity contribution in [3.05, 3.63) is 51.5 Å². The molecule has 0 aromatic heterocycles. The molecule has 1 aliphatic rings. The summed E-state index contributed by atoms with van der Waals surface area (Å²) < 4.78 is 20.2. The summed E-state index contributed by atoms with van der Waals surface area (Å²) in [5, 5.41) is 31.8. The minimum Gasteiger partial charge on any atom is -0.394 e. The predicted molar refractivity (Wildman–Crippen MR) is 93.9 cm³/mol. The third-order valence-electron chi connectivity index (χ3n) is 3.54. The van der Waals surface area contributed by atoms with E-state index in [1.807, 2.05) is 0 Å². The maximum atomic E-state index is 12.4. The summed E-state index contributed by atoms with van der Waals surface area (Å²) >= 11 is -1.96. The van der Waals surface area contributed by atoms with Crippen LogP contribution in [0.4, 0.5) is 5.69 Å². The number of rotatable bonds is 8. The quantitative estimate of drug-likeness (QED) is 0.364. The molecule has 1 aliphatic heterocycles. The van der Waals surface area contributed by atoms with Crippen LogP contribution in [0.15, 0.2) is 30.2 Å². The smallest absolute Gasteiger partial charge is 0.394 e. The summed E-state index contributed by atoms with van der Waals surface area (Å²) in [4.78, 5) is 36.2. The van der Waals surface area contributed by atoms with E-state index >= 15 is 0 Å². The van der Waals surface area contributed by atoms with Crippen LogP contribution >= 0.6 is 0 Å². The van der Waals surface area contributed by atoms with E-state index in [9.17, 15) is 29.0 Å². The van der Waals surface area contributed by atoms with Gasteiger partial charge in [0.15, 0.2) is 5.76 Å². The van der Waals surface area contributed by atoms with E-state index in [1.165, 1.54) is 7.05 Å². The van der Waals surface area contributed by atoms with E-state index in [2.05, 4.69) is 9.50 Å². The summed E-state index contributed by atoms with van der Waals surface area (Å²) in [6.45, 7) is -0.950. The highest BCUT2D eigenvalue weighted by Crippen LogP contribution is 2.19. The van der Waals surface area contributed by atoms with Crippen molar-refractivity contribution in [2.75, 3.05) is 26.7 Å². The number of amides is 2. The minimum absolute atomic E-state index is 0.0890. The van der Waals surface area contributed by atoms with Gasteiger partial charge in [0, 0.05) is 36.9 Å². The van der Waals surface area contributed by atoms with Gasteiger partial charge in [-0.2, -0.15) is 4.21 Å². The van der Waals surface area contributed by atoms with E-state index < -0.39 is 46.5 Å². The van der Waals surface area contributed by atoms with Gasteiger partial charge in [-0.25, -0.2) is 0 Å². The molecular formula is C15H17N3O9S. The van der Waals surface area contributed by atoms with E-state index in [0.29, 0.717) is 0 Å². The van der Waals surface area contributed by atoms with Gasteiger partial charge < -0.3 is 28.8 Å². The lowest BCUT2D eigenvalue weighted by Gasteiger charge is -2.20. The molecule has 1 aromatic carbocycles. The van der Waals surface area contributed by atoms with Crippen LogP contribution in [0.1, 0.15) is 20.7 Å². The lowest BCUT2D eigenvalue weighted by molar-refractivity contribution is -0.384. The summed E-state index contributed by atoms with van der Waals surface area (Å²) in [5.41, 5.74) is -0.782. The largest absolute Gasteiger partial charge is 0.417 e. The van der Waals surface area contributed by atoms with Gasteiger partial charge in [0.05, 0.1) is 24.2 Å². The number of nitro groups is 1. The molecule has 1 aromatic rings. The number of nitrogens with one attached hydrogen (secondary N) is 1. The zero-order valence-corrected chi connectivity index (χ0v) is 15.4. The summed E-state index contributed by atoms with van der Waals surface area (Å²) in [6, 6.07) is 3.15. The highest BCUT2D eigenvalue weighted by molar-refractivity contribution is 7.75. The van der Waals surface area contributed by atoms with Gasteiger partial charge >= 0.3 is 11.4 Å². The number of aliphatic hydroxyl groups excluding tert-OH is 2. The van der Waals surface area contributed by atoms with Gasteiger partial charge in [-0.3, -0.25) is 19.7 Å². The van der Waals surface area contributed by atoms with Crippen LogP contribution in [0.2, 0.25) is 0 Å². The number of likely N-dealkylation sites (N-methyl/N-ethyl adjacent to an activating group) is 1. The summed E-state index contributed by atoms with van der Waals surface area (Å²) in [6.07, 6.45) is -0.122. The Kier molecular flexibility index (Phi) is 7.03. The molecule has 0 spiro atoms. The number of benzene rings is 1. The second-order valence-corrected chi connectivity index (χ2v) is 6.47. The minimum atomic E-state index is -1.96. The fourth-order valence-electron chi connectivity index (χ4n) is 2.21. The number of nitro benzene ring substituents is 1. The van der Waals surface area contributed by atoms with Gasteiger partial charge in [-0.05, 0) is 6.07 Å². The number of hydrogen-bond donors (Lipinski definition) is 3. The SMILES string of the molecule is CN(CC(O)CO)C(=O)c1cc(C(=O)NCC2=COS(=O)O2)cc([N+](=O)[O-])c1. The Morgan fingerprint density at radius 3 is 2.61 bits per heavy atom.